The number of nitrogens with zero attached hydrogens (tertiary/aromatic N) is 7. The fourth-order valence-electron chi connectivity index (χ4n) is 4.90. The van der Waals surface area contributed by atoms with Crippen LogP contribution >= 0.6 is 15.9 Å². The number of anilines is 2. The van der Waals surface area contributed by atoms with E-state index in [-0.39, 0.29) is 29.8 Å². The van der Waals surface area contributed by atoms with Crippen molar-refractivity contribution >= 4 is 39.6 Å². The first-order valence-corrected chi connectivity index (χ1v) is 14.7. The molecule has 6 rings (SSSR count). The molecule has 0 radical (unpaired) electrons. The van der Waals surface area contributed by atoms with Gasteiger partial charge in [0.2, 0.25) is 11.6 Å². The molecule has 0 saturated heterocycles. The normalized spacial score (nSPS) is 12.5. The number of carbonyl (C=O) groups is 1. The molecule has 0 saturated carbocycles. The number of nitrogens with two attached hydrogens (primary N) is 1. The summed E-state index contributed by atoms with van der Waals surface area (Å²) in [6, 6.07) is 17.6. The first kappa shape index (κ1) is 29.7. The lowest BCUT2D eigenvalue weighted by Crippen LogP contribution is -2.26. The Labute approximate surface area is 264 Å². The number of hydrogen-bond acceptors (Lipinski definition) is 11. The van der Waals surface area contributed by atoms with Gasteiger partial charge < -0.3 is 20.1 Å². The van der Waals surface area contributed by atoms with Gasteiger partial charge in [-0.1, -0.05) is 35.5 Å². The summed E-state index contributed by atoms with van der Waals surface area (Å²) in [7, 11) is 0. The van der Waals surface area contributed by atoms with Crippen molar-refractivity contribution < 1.29 is 23.3 Å². The van der Waals surface area contributed by atoms with Gasteiger partial charge in [0, 0.05) is 12.2 Å². The lowest BCUT2D eigenvalue weighted by atomic mass is 10.2. The first-order valence-electron chi connectivity index (χ1n) is 13.9. The third-order valence-corrected chi connectivity index (χ3v) is 7.60. The molecule has 0 aliphatic carbocycles. The molecule has 3 N–H and O–H groups in total. The number of hydrogen-bond donors (Lipinski definition) is 2. The third kappa shape index (κ3) is 6.47. The molecule has 1 aliphatic heterocycles. The van der Waals surface area contributed by atoms with Crippen molar-refractivity contribution in [1.82, 2.24) is 30.7 Å². The fraction of sp³-hybridized carbons (Fsp3) is 0.200. The summed E-state index contributed by atoms with van der Waals surface area (Å²) in [6.45, 7) is 3.50. The van der Waals surface area contributed by atoms with Gasteiger partial charge in [-0.2, -0.15) is 9.78 Å². The van der Waals surface area contributed by atoms with E-state index < -0.39 is 5.91 Å². The fourth-order valence-corrected chi connectivity index (χ4v) is 5.47. The standard InChI is InChI=1S/C30H27BrFN9O4/c1-2-43-25-14-19(13-22(31)27(25)44-17-18-7-9-21(32)10-8-18)15-34-36-30(42)26-24(41(39-35-26)29-28(33)37-45-38-29)16-40-12-11-20-5-3-4-6-23(20)40/h3-10,13-15H,2,11-12,16-17H2,1H3,(H2,33,37)(H,36,42)/b34-15-. The number of ether oxygens (including phenoxy) is 2. The molecule has 15 heteroatoms. The maximum Gasteiger partial charge on any atom is 0.293 e. The molecule has 3 aromatic carbocycles. The number of halogens is 2. The van der Waals surface area contributed by atoms with Crippen molar-refractivity contribution in [2.24, 2.45) is 5.10 Å². The van der Waals surface area contributed by atoms with E-state index in [1.54, 1.807) is 24.3 Å². The highest BCUT2D eigenvalue weighted by molar-refractivity contribution is 9.10. The molecule has 3 heterocycles. The number of aromatic nitrogens is 5. The van der Waals surface area contributed by atoms with Crippen molar-refractivity contribution in [2.75, 3.05) is 23.8 Å². The summed E-state index contributed by atoms with van der Waals surface area (Å²) >= 11 is 3.53. The number of benzene rings is 3. The van der Waals surface area contributed by atoms with E-state index in [2.05, 4.69) is 58.0 Å². The van der Waals surface area contributed by atoms with Gasteiger partial charge in [-0.25, -0.2) is 14.4 Å². The van der Waals surface area contributed by atoms with Gasteiger partial charge >= 0.3 is 0 Å². The van der Waals surface area contributed by atoms with Crippen molar-refractivity contribution in [2.45, 2.75) is 26.5 Å². The summed E-state index contributed by atoms with van der Waals surface area (Å²) < 4.78 is 31.8. The molecule has 0 fully saturated rings. The number of para-hydroxylation sites is 1. The van der Waals surface area contributed by atoms with Crippen LogP contribution < -0.4 is 25.5 Å². The number of rotatable bonds is 11. The van der Waals surface area contributed by atoms with Crippen molar-refractivity contribution in [3.8, 4) is 17.3 Å². The number of hydrazone groups is 1. The number of fused-ring (bicyclic) bond motifs is 1. The Morgan fingerprint density at radius 2 is 2.00 bits per heavy atom. The van der Waals surface area contributed by atoms with E-state index in [0.717, 1.165) is 24.2 Å². The van der Waals surface area contributed by atoms with Crippen LogP contribution in [0.25, 0.3) is 5.82 Å². The minimum Gasteiger partial charge on any atom is -0.490 e. The van der Waals surface area contributed by atoms with Gasteiger partial charge in [0.1, 0.15) is 12.4 Å². The van der Waals surface area contributed by atoms with Crippen LogP contribution in [0.15, 0.2) is 74.9 Å². The highest BCUT2D eigenvalue weighted by atomic mass is 79.9. The second-order valence-electron chi connectivity index (χ2n) is 9.95. The van der Waals surface area contributed by atoms with E-state index in [1.165, 1.54) is 28.6 Å². The quantitative estimate of drug-likeness (QED) is 0.151. The molecule has 45 heavy (non-hydrogen) atoms. The van der Waals surface area contributed by atoms with Crippen LogP contribution in [0.2, 0.25) is 0 Å². The second-order valence-corrected chi connectivity index (χ2v) is 10.8. The molecule has 230 valence electrons. The lowest BCUT2D eigenvalue weighted by molar-refractivity contribution is 0.0949. The van der Waals surface area contributed by atoms with Gasteiger partial charge in [-0.3, -0.25) is 4.79 Å². The molecular formula is C30H27BrFN9O4. The summed E-state index contributed by atoms with van der Waals surface area (Å²) in [6.07, 6.45) is 2.34. The summed E-state index contributed by atoms with van der Waals surface area (Å²) in [4.78, 5) is 15.5. The Morgan fingerprint density at radius 1 is 1.18 bits per heavy atom. The van der Waals surface area contributed by atoms with E-state index in [9.17, 15) is 9.18 Å². The summed E-state index contributed by atoms with van der Waals surface area (Å²) in [5.41, 5.74) is 12.6. The maximum atomic E-state index is 13.3. The number of nitrogens with one attached hydrogen (secondary N) is 1. The summed E-state index contributed by atoms with van der Waals surface area (Å²) in [5.74, 6) is 0.181. The smallest absolute Gasteiger partial charge is 0.293 e. The van der Waals surface area contributed by atoms with E-state index in [1.807, 2.05) is 25.1 Å². The Bertz CT molecular complexity index is 1860. The molecule has 5 aromatic rings. The molecule has 1 aliphatic rings. The zero-order valence-corrected chi connectivity index (χ0v) is 25.6. The van der Waals surface area contributed by atoms with Crippen LogP contribution in [0.5, 0.6) is 11.5 Å². The molecular weight excluding hydrogens is 649 g/mol. The summed E-state index contributed by atoms with van der Waals surface area (Å²) in [5, 5.41) is 19.9. The molecule has 2 aromatic heterocycles. The Morgan fingerprint density at radius 3 is 2.78 bits per heavy atom. The van der Waals surface area contributed by atoms with Crippen LogP contribution in [0, 0.1) is 5.82 Å². The van der Waals surface area contributed by atoms with Crippen LogP contribution in [-0.2, 0) is 19.6 Å². The maximum absolute atomic E-state index is 13.3. The Hall–Kier alpha value is -5.31. The zero-order chi connectivity index (χ0) is 31.3. The van der Waals surface area contributed by atoms with Crippen molar-refractivity contribution in [3.05, 3.63) is 99.0 Å². The minimum atomic E-state index is -0.585. The van der Waals surface area contributed by atoms with Gasteiger partial charge in [-0.05, 0) is 86.6 Å². The lowest BCUT2D eigenvalue weighted by Gasteiger charge is -2.19. The molecule has 0 unspecified atom stereocenters. The van der Waals surface area contributed by atoms with Crippen LogP contribution in [0.1, 0.15) is 39.8 Å². The Kier molecular flexibility index (Phi) is 8.68. The highest BCUT2D eigenvalue weighted by Gasteiger charge is 2.28. The predicted molar refractivity (Wildman–Crippen MR) is 166 cm³/mol. The first-order chi connectivity index (χ1) is 21.9. The van der Waals surface area contributed by atoms with Crippen LogP contribution in [0.4, 0.5) is 15.9 Å². The predicted octanol–water partition coefficient (Wildman–Crippen LogP) is 4.44. The monoisotopic (exact) mass is 675 g/mol. The Balaban J connectivity index is 1.21. The van der Waals surface area contributed by atoms with E-state index >= 15 is 0 Å². The molecule has 1 amide bonds. The van der Waals surface area contributed by atoms with Gasteiger partial charge in [0.15, 0.2) is 17.2 Å². The topological polar surface area (TPSA) is 159 Å². The number of nitrogen functional groups attached to an aromatic ring is 1. The van der Waals surface area contributed by atoms with Gasteiger partial charge in [-0.15, -0.1) is 5.10 Å². The third-order valence-electron chi connectivity index (χ3n) is 7.01. The van der Waals surface area contributed by atoms with Crippen LogP contribution in [0.3, 0.4) is 0 Å². The zero-order valence-electron chi connectivity index (χ0n) is 24.0. The molecule has 0 spiro atoms. The second kappa shape index (κ2) is 13.1. The van der Waals surface area contributed by atoms with E-state index in [0.29, 0.717) is 40.4 Å². The molecule has 0 atom stereocenters. The number of amides is 1. The average Bonchev–Trinajstić information content (AvgIpc) is 3.76. The van der Waals surface area contributed by atoms with E-state index in [4.69, 9.17) is 19.8 Å². The van der Waals surface area contributed by atoms with Crippen molar-refractivity contribution in [1.29, 1.82) is 0 Å². The average molecular weight is 677 g/mol. The van der Waals surface area contributed by atoms with Gasteiger partial charge in [0.25, 0.3) is 5.91 Å². The van der Waals surface area contributed by atoms with Crippen LogP contribution in [-0.4, -0.2) is 50.6 Å². The van der Waals surface area contributed by atoms with Crippen molar-refractivity contribution in [3.63, 3.8) is 0 Å². The molecule has 13 nitrogen and oxygen atoms in total. The molecule has 0 bridgehead atoms. The highest BCUT2D eigenvalue weighted by Crippen LogP contribution is 2.37. The van der Waals surface area contributed by atoms with Gasteiger partial charge in [0.05, 0.1) is 29.5 Å². The number of carbonyl (C=O) groups excluding carboxylic acids is 1. The minimum absolute atomic E-state index is 0.00808. The largest absolute Gasteiger partial charge is 0.490 e. The SMILES string of the molecule is CCOc1cc(/C=N\NC(=O)c2nnn(-c3nonc3N)c2CN2CCc3ccccc32)cc(Br)c1OCc1ccc(F)cc1.